The molecule has 1 unspecified atom stereocenters. The summed E-state index contributed by atoms with van der Waals surface area (Å²) in [6.45, 7) is 2.13. The highest BCUT2D eigenvalue weighted by atomic mass is 16.5. The summed E-state index contributed by atoms with van der Waals surface area (Å²) in [7, 11) is 0. The van der Waals surface area contributed by atoms with Crippen LogP contribution in [0.2, 0.25) is 0 Å². The highest BCUT2D eigenvalue weighted by molar-refractivity contribution is 6.02. The van der Waals surface area contributed by atoms with Gasteiger partial charge in [-0.2, -0.15) is 0 Å². The number of hydrogen-bond acceptors (Lipinski definition) is 4. The van der Waals surface area contributed by atoms with Crippen LogP contribution in [0.1, 0.15) is 54.1 Å². The van der Waals surface area contributed by atoms with E-state index in [0.717, 1.165) is 25.7 Å². The van der Waals surface area contributed by atoms with Crippen LogP contribution in [-0.2, 0) is 22.4 Å². The van der Waals surface area contributed by atoms with Gasteiger partial charge in [0.25, 0.3) is 0 Å². The zero-order valence-electron chi connectivity index (χ0n) is 13.1. The minimum absolute atomic E-state index is 0.00894. The van der Waals surface area contributed by atoms with Crippen molar-refractivity contribution in [2.75, 3.05) is 6.61 Å². The first-order valence-electron chi connectivity index (χ1n) is 8.25. The van der Waals surface area contributed by atoms with Crippen molar-refractivity contribution in [3.05, 3.63) is 34.9 Å². The first-order valence-corrected chi connectivity index (χ1v) is 8.25. The van der Waals surface area contributed by atoms with Crippen molar-refractivity contribution in [2.45, 2.75) is 57.5 Å². The summed E-state index contributed by atoms with van der Waals surface area (Å²) in [4.78, 5) is 24.5. The topological polar surface area (TPSA) is 55.4 Å². The van der Waals surface area contributed by atoms with Crippen LogP contribution in [0.4, 0.5) is 0 Å². The number of ketones is 1. The van der Waals surface area contributed by atoms with E-state index in [-0.39, 0.29) is 18.2 Å². The van der Waals surface area contributed by atoms with E-state index in [1.165, 1.54) is 17.5 Å². The molecule has 1 aromatic rings. The minimum atomic E-state index is -0.467. The number of fused-ring (bicyclic) bond motifs is 1. The molecule has 1 fully saturated rings. The van der Waals surface area contributed by atoms with Crippen LogP contribution in [-0.4, -0.2) is 30.4 Å². The van der Waals surface area contributed by atoms with E-state index in [2.05, 4.69) is 11.4 Å². The van der Waals surface area contributed by atoms with Gasteiger partial charge in [-0.05, 0) is 56.2 Å². The van der Waals surface area contributed by atoms with E-state index in [0.29, 0.717) is 18.2 Å². The van der Waals surface area contributed by atoms with Gasteiger partial charge >= 0.3 is 5.97 Å². The Morgan fingerprint density at radius 1 is 1.27 bits per heavy atom. The number of esters is 1. The predicted octanol–water partition coefficient (Wildman–Crippen LogP) is 2.43. The summed E-state index contributed by atoms with van der Waals surface area (Å²) in [5, 5.41) is 3.30. The van der Waals surface area contributed by atoms with Gasteiger partial charge in [-0.1, -0.05) is 12.1 Å². The summed E-state index contributed by atoms with van der Waals surface area (Å²) in [5.74, 6) is -0.301. The minimum Gasteiger partial charge on any atom is -0.466 e. The molecule has 1 saturated carbocycles. The van der Waals surface area contributed by atoms with Gasteiger partial charge in [-0.15, -0.1) is 0 Å². The number of ether oxygens (including phenoxy) is 1. The third kappa shape index (κ3) is 3.55. The number of nitrogens with one attached hydrogen (secondary N) is 1. The van der Waals surface area contributed by atoms with Crippen molar-refractivity contribution in [1.82, 2.24) is 5.32 Å². The number of carbonyl (C=O) groups is 2. The molecule has 22 heavy (non-hydrogen) atoms. The molecule has 0 aliphatic heterocycles. The first-order chi connectivity index (χ1) is 10.7. The summed E-state index contributed by atoms with van der Waals surface area (Å²) in [5.41, 5.74) is 3.35. The molecule has 1 atom stereocenters. The second-order valence-electron chi connectivity index (χ2n) is 6.20. The average Bonchev–Trinajstić information content (AvgIpc) is 3.20. The van der Waals surface area contributed by atoms with E-state index in [4.69, 9.17) is 4.74 Å². The molecule has 1 N–H and O–H groups in total. The standard InChI is InChI=1S/C18H23NO3/c1-2-22-17(20)11-16(19-15-8-9-15)18(21)14-7-6-12-4-3-5-13(12)10-14/h6-7,10,15-16,19H,2-5,8-9,11H2,1H3. The fraction of sp³-hybridized carbons (Fsp3) is 0.556. The SMILES string of the molecule is CCOC(=O)CC(NC1CC1)C(=O)c1ccc2c(c1)CCC2. The second kappa shape index (κ2) is 6.61. The Morgan fingerprint density at radius 3 is 2.77 bits per heavy atom. The molecule has 0 saturated heterocycles. The Morgan fingerprint density at radius 2 is 2.05 bits per heavy atom. The normalized spacial score (nSPS) is 17.9. The molecule has 4 nitrogen and oxygen atoms in total. The molecule has 0 radical (unpaired) electrons. The van der Waals surface area contributed by atoms with Crippen molar-refractivity contribution in [2.24, 2.45) is 0 Å². The van der Waals surface area contributed by atoms with Gasteiger partial charge in [0.2, 0.25) is 0 Å². The van der Waals surface area contributed by atoms with Crippen LogP contribution in [0.5, 0.6) is 0 Å². The lowest BCUT2D eigenvalue weighted by Gasteiger charge is -2.17. The Balaban J connectivity index is 1.74. The molecule has 0 amide bonds. The third-order valence-electron chi connectivity index (χ3n) is 4.39. The second-order valence-corrected chi connectivity index (χ2v) is 6.20. The maximum Gasteiger partial charge on any atom is 0.307 e. The van der Waals surface area contributed by atoms with Gasteiger partial charge in [-0.25, -0.2) is 0 Å². The van der Waals surface area contributed by atoms with E-state index in [1.807, 2.05) is 12.1 Å². The largest absolute Gasteiger partial charge is 0.466 e. The number of hydrogen-bond donors (Lipinski definition) is 1. The molecule has 4 heteroatoms. The van der Waals surface area contributed by atoms with Gasteiger partial charge in [-0.3, -0.25) is 9.59 Å². The summed E-state index contributed by atoms with van der Waals surface area (Å²) in [6, 6.07) is 5.88. The quantitative estimate of drug-likeness (QED) is 0.621. The zero-order valence-corrected chi connectivity index (χ0v) is 13.1. The van der Waals surface area contributed by atoms with E-state index < -0.39 is 6.04 Å². The van der Waals surface area contributed by atoms with Crippen LogP contribution in [0.25, 0.3) is 0 Å². The number of benzene rings is 1. The summed E-state index contributed by atoms with van der Waals surface area (Å²) in [6.07, 6.45) is 5.60. The van der Waals surface area contributed by atoms with Crippen LogP contribution in [0.3, 0.4) is 0 Å². The molecule has 0 bridgehead atoms. The highest BCUT2D eigenvalue weighted by Crippen LogP contribution is 2.25. The van der Waals surface area contributed by atoms with E-state index >= 15 is 0 Å². The van der Waals surface area contributed by atoms with Crippen molar-refractivity contribution in [1.29, 1.82) is 0 Å². The Kier molecular flexibility index (Phi) is 4.57. The smallest absolute Gasteiger partial charge is 0.307 e. The van der Waals surface area contributed by atoms with Crippen LogP contribution < -0.4 is 5.32 Å². The fourth-order valence-corrected chi connectivity index (χ4v) is 3.07. The Labute approximate surface area is 131 Å². The van der Waals surface area contributed by atoms with E-state index in [9.17, 15) is 9.59 Å². The first kappa shape index (κ1) is 15.2. The van der Waals surface area contributed by atoms with E-state index in [1.54, 1.807) is 6.92 Å². The molecule has 118 valence electrons. The van der Waals surface area contributed by atoms with Crippen LogP contribution >= 0.6 is 0 Å². The predicted molar refractivity (Wildman–Crippen MR) is 84.0 cm³/mol. The molecule has 0 aromatic heterocycles. The molecule has 3 rings (SSSR count). The molecule has 2 aliphatic carbocycles. The third-order valence-corrected chi connectivity index (χ3v) is 4.39. The summed E-state index contributed by atoms with van der Waals surface area (Å²) < 4.78 is 5.00. The Bertz CT molecular complexity index is 578. The number of aryl methyl sites for hydroxylation is 2. The highest BCUT2D eigenvalue weighted by Gasteiger charge is 2.31. The molecule has 1 aromatic carbocycles. The van der Waals surface area contributed by atoms with Gasteiger partial charge in [0, 0.05) is 11.6 Å². The van der Waals surface area contributed by atoms with Crippen LogP contribution in [0.15, 0.2) is 18.2 Å². The van der Waals surface area contributed by atoms with Gasteiger partial charge in [0.15, 0.2) is 5.78 Å². The maximum absolute atomic E-state index is 12.8. The number of Topliss-reactive ketones (excluding diaryl/α,β-unsaturated/α-hetero) is 1. The molecular formula is C18H23NO3. The maximum atomic E-state index is 12.8. The van der Waals surface area contributed by atoms with Crippen molar-refractivity contribution in [3.63, 3.8) is 0 Å². The summed E-state index contributed by atoms with van der Waals surface area (Å²) >= 11 is 0. The van der Waals surface area contributed by atoms with Gasteiger partial charge < -0.3 is 10.1 Å². The lowest BCUT2D eigenvalue weighted by atomic mass is 9.98. The monoisotopic (exact) mass is 301 g/mol. The van der Waals surface area contributed by atoms with Crippen molar-refractivity contribution < 1.29 is 14.3 Å². The number of rotatable bonds is 7. The lowest BCUT2D eigenvalue weighted by Crippen LogP contribution is -2.40. The molecule has 0 spiro atoms. The Hall–Kier alpha value is -1.68. The van der Waals surface area contributed by atoms with Crippen LogP contribution in [0, 0.1) is 0 Å². The van der Waals surface area contributed by atoms with Gasteiger partial charge in [0.05, 0.1) is 19.1 Å². The van der Waals surface area contributed by atoms with Crippen molar-refractivity contribution >= 4 is 11.8 Å². The van der Waals surface area contributed by atoms with Crippen molar-refractivity contribution in [3.8, 4) is 0 Å². The van der Waals surface area contributed by atoms with Gasteiger partial charge in [0.1, 0.15) is 0 Å². The molecule has 0 heterocycles. The average molecular weight is 301 g/mol. The molecule has 2 aliphatic rings. The molecular weight excluding hydrogens is 278 g/mol. The fourth-order valence-electron chi connectivity index (χ4n) is 3.07. The lowest BCUT2D eigenvalue weighted by molar-refractivity contribution is -0.143. The zero-order chi connectivity index (χ0) is 15.5. The number of carbonyl (C=O) groups excluding carboxylic acids is 2.